The quantitative estimate of drug-likeness (QED) is 0.776. The first kappa shape index (κ1) is 18.8. The van der Waals surface area contributed by atoms with Gasteiger partial charge in [0.2, 0.25) is 0 Å². The van der Waals surface area contributed by atoms with Gasteiger partial charge in [0.1, 0.15) is 11.3 Å². The molecule has 1 amide bonds. The molecule has 5 nitrogen and oxygen atoms in total. The monoisotopic (exact) mass is 343 g/mol. The number of amides is 1. The van der Waals surface area contributed by atoms with Gasteiger partial charge in [0.15, 0.2) is 6.61 Å². The van der Waals surface area contributed by atoms with Gasteiger partial charge in [-0.05, 0) is 43.4 Å². The van der Waals surface area contributed by atoms with Crippen molar-refractivity contribution in [1.82, 2.24) is 5.32 Å². The van der Waals surface area contributed by atoms with E-state index in [2.05, 4.69) is 31.3 Å². The molecule has 0 radical (unpaired) electrons. The molecule has 0 aliphatic carbocycles. The topological polar surface area (TPSA) is 68.5 Å². The summed E-state index contributed by atoms with van der Waals surface area (Å²) in [4.78, 5) is 23.8. The largest absolute Gasteiger partial charge is 0.469 e. The van der Waals surface area contributed by atoms with E-state index in [9.17, 15) is 9.59 Å². The molecular weight excluding hydrogens is 318 g/mol. The van der Waals surface area contributed by atoms with E-state index in [4.69, 9.17) is 9.15 Å². The van der Waals surface area contributed by atoms with Crippen molar-refractivity contribution in [3.05, 3.63) is 59.0 Å². The number of carbonyl (C=O) groups is 2. The Morgan fingerprint density at radius 2 is 1.80 bits per heavy atom. The number of nitrogens with one attached hydrogen (secondary N) is 1. The Hall–Kier alpha value is -2.56. The van der Waals surface area contributed by atoms with Gasteiger partial charge in [-0.1, -0.05) is 38.1 Å². The van der Waals surface area contributed by atoms with E-state index in [1.54, 1.807) is 6.92 Å². The van der Waals surface area contributed by atoms with Crippen LogP contribution >= 0.6 is 0 Å². The molecule has 1 aromatic heterocycles. The smallest absolute Gasteiger partial charge is 0.342 e. The summed E-state index contributed by atoms with van der Waals surface area (Å²) >= 11 is 0. The minimum Gasteiger partial charge on any atom is -0.469 e. The van der Waals surface area contributed by atoms with E-state index < -0.39 is 5.97 Å². The summed E-state index contributed by atoms with van der Waals surface area (Å²) < 4.78 is 10.1. The summed E-state index contributed by atoms with van der Waals surface area (Å²) in [5.41, 5.74) is 2.63. The highest BCUT2D eigenvalue weighted by atomic mass is 16.5. The normalized spacial score (nSPS) is 12.0. The molecule has 1 N–H and O–H groups in total. The number of furan rings is 1. The van der Waals surface area contributed by atoms with Crippen molar-refractivity contribution >= 4 is 11.9 Å². The Balaban J connectivity index is 1.83. The maximum atomic E-state index is 12.0. The minimum absolute atomic E-state index is 0.157. The molecule has 2 rings (SSSR count). The molecule has 0 spiro atoms. The van der Waals surface area contributed by atoms with Gasteiger partial charge < -0.3 is 14.5 Å². The zero-order valence-electron chi connectivity index (χ0n) is 15.2. The lowest BCUT2D eigenvalue weighted by Gasteiger charge is -2.15. The Morgan fingerprint density at radius 1 is 1.12 bits per heavy atom. The number of hydrogen-bond acceptors (Lipinski definition) is 4. The fourth-order valence-electron chi connectivity index (χ4n) is 2.59. The molecule has 134 valence electrons. The van der Waals surface area contributed by atoms with Crippen molar-refractivity contribution < 1.29 is 18.7 Å². The number of aryl methyl sites for hydroxylation is 1. The Morgan fingerprint density at radius 3 is 2.36 bits per heavy atom. The lowest BCUT2D eigenvalue weighted by molar-refractivity contribution is -0.124. The number of hydrogen-bond donors (Lipinski definition) is 1. The second-order valence-corrected chi connectivity index (χ2v) is 6.60. The second kappa shape index (κ2) is 8.51. The van der Waals surface area contributed by atoms with Crippen molar-refractivity contribution in [2.75, 3.05) is 6.61 Å². The maximum Gasteiger partial charge on any atom is 0.342 e. The highest BCUT2D eigenvalue weighted by Gasteiger charge is 2.16. The van der Waals surface area contributed by atoms with Crippen molar-refractivity contribution in [2.45, 2.75) is 40.2 Å². The minimum atomic E-state index is -0.563. The van der Waals surface area contributed by atoms with Crippen molar-refractivity contribution in [2.24, 2.45) is 5.92 Å². The van der Waals surface area contributed by atoms with Crippen LogP contribution in [0.3, 0.4) is 0 Å². The number of carbonyl (C=O) groups excluding carboxylic acids is 2. The van der Waals surface area contributed by atoms with Crippen molar-refractivity contribution in [3.63, 3.8) is 0 Å². The third kappa shape index (κ3) is 5.48. The molecule has 25 heavy (non-hydrogen) atoms. The average Bonchev–Trinajstić information content (AvgIpc) is 2.99. The first-order chi connectivity index (χ1) is 11.9. The van der Waals surface area contributed by atoms with E-state index >= 15 is 0 Å². The summed E-state index contributed by atoms with van der Waals surface area (Å²) in [5.74, 6) is 0.178. The van der Waals surface area contributed by atoms with E-state index in [1.807, 2.05) is 19.1 Å². The van der Waals surface area contributed by atoms with E-state index in [-0.39, 0.29) is 18.6 Å². The van der Waals surface area contributed by atoms with Gasteiger partial charge in [-0.25, -0.2) is 4.79 Å². The van der Waals surface area contributed by atoms with Gasteiger partial charge in [-0.2, -0.15) is 0 Å². The van der Waals surface area contributed by atoms with Crippen molar-refractivity contribution in [1.29, 1.82) is 0 Å². The Labute approximate surface area is 148 Å². The Kier molecular flexibility index (Phi) is 6.39. The van der Waals surface area contributed by atoms with Gasteiger partial charge in [-0.3, -0.25) is 4.79 Å². The second-order valence-electron chi connectivity index (χ2n) is 6.60. The Bertz CT molecular complexity index is 716. The molecule has 0 saturated heterocycles. The van der Waals surface area contributed by atoms with E-state index in [1.165, 1.54) is 17.9 Å². The molecular formula is C20H25NO4. The van der Waals surface area contributed by atoms with E-state index in [0.29, 0.717) is 17.2 Å². The van der Waals surface area contributed by atoms with Crippen molar-refractivity contribution in [3.8, 4) is 0 Å². The molecule has 1 aromatic carbocycles. The summed E-state index contributed by atoms with van der Waals surface area (Å²) in [5, 5.41) is 2.83. The molecule has 0 unspecified atom stereocenters. The molecule has 0 aliphatic rings. The third-order valence-electron chi connectivity index (χ3n) is 3.91. The zero-order chi connectivity index (χ0) is 18.4. The highest BCUT2D eigenvalue weighted by Crippen LogP contribution is 2.15. The van der Waals surface area contributed by atoms with Gasteiger partial charge in [-0.15, -0.1) is 0 Å². The first-order valence-corrected chi connectivity index (χ1v) is 8.46. The number of benzene rings is 1. The van der Waals surface area contributed by atoms with Crippen LogP contribution in [-0.4, -0.2) is 18.5 Å². The molecule has 1 atom stereocenters. The molecule has 1 heterocycles. The predicted molar refractivity (Wildman–Crippen MR) is 95.3 cm³/mol. The maximum absolute atomic E-state index is 12.0. The molecule has 0 fully saturated rings. The lowest BCUT2D eigenvalue weighted by Crippen LogP contribution is -2.31. The number of esters is 1. The number of rotatable bonds is 7. The van der Waals surface area contributed by atoms with Crippen LogP contribution in [0, 0.1) is 12.8 Å². The van der Waals surface area contributed by atoms with Crippen LogP contribution in [0.4, 0.5) is 0 Å². The summed E-state index contributed by atoms with van der Waals surface area (Å²) in [7, 11) is 0. The lowest BCUT2D eigenvalue weighted by atomic mass is 10.00. The van der Waals surface area contributed by atoms with Crippen LogP contribution in [-0.2, 0) is 16.0 Å². The summed E-state index contributed by atoms with van der Waals surface area (Å²) in [6.45, 7) is 7.62. The average molecular weight is 343 g/mol. The predicted octanol–water partition coefficient (Wildman–Crippen LogP) is 3.82. The van der Waals surface area contributed by atoms with Gasteiger partial charge in [0.25, 0.3) is 5.91 Å². The van der Waals surface area contributed by atoms with E-state index in [0.717, 1.165) is 12.0 Å². The highest BCUT2D eigenvalue weighted by molar-refractivity contribution is 5.92. The van der Waals surface area contributed by atoms with Gasteiger partial charge in [0.05, 0.1) is 12.3 Å². The van der Waals surface area contributed by atoms with Crippen LogP contribution in [0.1, 0.15) is 54.1 Å². The SMILES string of the molecule is Cc1occc1C(=O)OCC(=O)N[C@@H](C)c1ccc(CC(C)C)cc1. The van der Waals surface area contributed by atoms with Crippen LogP contribution in [0.15, 0.2) is 41.0 Å². The zero-order valence-corrected chi connectivity index (χ0v) is 15.2. The van der Waals surface area contributed by atoms with Crippen LogP contribution in [0.2, 0.25) is 0 Å². The molecule has 2 aromatic rings. The van der Waals surface area contributed by atoms with Crippen LogP contribution < -0.4 is 5.32 Å². The van der Waals surface area contributed by atoms with Crippen LogP contribution in [0.5, 0.6) is 0 Å². The molecule has 0 bridgehead atoms. The fourth-order valence-corrected chi connectivity index (χ4v) is 2.59. The molecule has 0 aliphatic heterocycles. The molecule has 0 saturated carbocycles. The molecule has 5 heteroatoms. The standard InChI is InChI=1S/C20H25NO4/c1-13(2)11-16-5-7-17(8-6-16)14(3)21-19(22)12-25-20(23)18-9-10-24-15(18)4/h5-10,13-14H,11-12H2,1-4H3,(H,21,22)/t14-/m0/s1. The summed E-state index contributed by atoms with van der Waals surface area (Å²) in [6, 6.07) is 9.57. The van der Waals surface area contributed by atoms with Gasteiger partial charge in [0, 0.05) is 0 Å². The summed E-state index contributed by atoms with van der Waals surface area (Å²) in [6.07, 6.45) is 2.45. The number of ether oxygens (including phenoxy) is 1. The van der Waals surface area contributed by atoms with Crippen LogP contribution in [0.25, 0.3) is 0 Å². The van der Waals surface area contributed by atoms with Gasteiger partial charge >= 0.3 is 5.97 Å². The fraction of sp³-hybridized carbons (Fsp3) is 0.400. The first-order valence-electron chi connectivity index (χ1n) is 8.46. The third-order valence-corrected chi connectivity index (χ3v) is 3.91.